The van der Waals surface area contributed by atoms with Crippen molar-refractivity contribution < 1.29 is 19.0 Å². The van der Waals surface area contributed by atoms with Crippen LogP contribution < -0.4 is 14.8 Å². The number of benzene rings is 1. The van der Waals surface area contributed by atoms with Crippen LogP contribution >= 0.6 is 0 Å². The highest BCUT2D eigenvalue weighted by atomic mass is 16.5. The van der Waals surface area contributed by atoms with Crippen LogP contribution in [0.1, 0.15) is 20.3 Å². The molecule has 3 rings (SSSR count). The Morgan fingerprint density at radius 1 is 1.25 bits per heavy atom. The highest BCUT2D eigenvalue weighted by Gasteiger charge is 2.36. The van der Waals surface area contributed by atoms with Crippen molar-refractivity contribution >= 4 is 5.91 Å². The summed E-state index contributed by atoms with van der Waals surface area (Å²) in [6.07, 6.45) is 1.22. The maximum Gasteiger partial charge on any atom is 0.258 e. The topological polar surface area (TPSA) is 60.0 Å². The summed E-state index contributed by atoms with van der Waals surface area (Å²) >= 11 is 0. The lowest BCUT2D eigenvalue weighted by Gasteiger charge is -2.33. The summed E-state index contributed by atoms with van der Waals surface area (Å²) in [7, 11) is 0. The molecule has 0 radical (unpaired) electrons. The highest BCUT2D eigenvalue weighted by molar-refractivity contribution is 5.77. The van der Waals surface area contributed by atoms with E-state index in [1.54, 1.807) is 0 Å². The van der Waals surface area contributed by atoms with E-state index in [4.69, 9.17) is 14.2 Å². The van der Waals surface area contributed by atoms with E-state index in [-0.39, 0.29) is 24.7 Å². The van der Waals surface area contributed by atoms with Crippen molar-refractivity contribution in [3.63, 3.8) is 0 Å². The van der Waals surface area contributed by atoms with Crippen LogP contribution in [0.2, 0.25) is 0 Å². The van der Waals surface area contributed by atoms with E-state index in [9.17, 15) is 4.79 Å². The molecule has 24 heavy (non-hydrogen) atoms. The molecule has 1 amide bonds. The van der Waals surface area contributed by atoms with Gasteiger partial charge in [0, 0.05) is 25.2 Å². The standard InChI is InChI=1S/C18H26N2O4/c1-3-22-16-4-6-17(7-5-16)24-12-18(21)19-14-8-15-11-23-13(2)9-20(15)10-14/h4-7,13-15H,3,8-12H2,1-2H3,(H,19,21)/t13-,14+,15-/m0/s1. The molecule has 2 fully saturated rings. The minimum Gasteiger partial charge on any atom is -0.494 e. The van der Waals surface area contributed by atoms with Gasteiger partial charge in [0.15, 0.2) is 6.61 Å². The molecule has 1 aromatic carbocycles. The van der Waals surface area contributed by atoms with Crippen LogP contribution in [-0.4, -0.2) is 61.9 Å². The van der Waals surface area contributed by atoms with E-state index < -0.39 is 0 Å². The third-order valence-corrected chi connectivity index (χ3v) is 4.46. The Morgan fingerprint density at radius 3 is 2.67 bits per heavy atom. The van der Waals surface area contributed by atoms with Crippen molar-refractivity contribution in [3.8, 4) is 11.5 Å². The van der Waals surface area contributed by atoms with Gasteiger partial charge in [0.25, 0.3) is 5.91 Å². The molecule has 2 saturated heterocycles. The fourth-order valence-corrected chi connectivity index (χ4v) is 3.36. The highest BCUT2D eigenvalue weighted by Crippen LogP contribution is 2.23. The molecule has 0 spiro atoms. The number of ether oxygens (including phenoxy) is 3. The summed E-state index contributed by atoms with van der Waals surface area (Å²) in [5.41, 5.74) is 0. The Balaban J connectivity index is 1.41. The molecule has 132 valence electrons. The fraction of sp³-hybridized carbons (Fsp3) is 0.611. The summed E-state index contributed by atoms with van der Waals surface area (Å²) in [5, 5.41) is 3.07. The molecule has 1 aromatic rings. The predicted octanol–water partition coefficient (Wildman–Crippen LogP) is 1.44. The van der Waals surface area contributed by atoms with Gasteiger partial charge in [-0.15, -0.1) is 0 Å². The molecule has 2 aliphatic rings. The van der Waals surface area contributed by atoms with Crippen molar-refractivity contribution in [2.24, 2.45) is 0 Å². The van der Waals surface area contributed by atoms with Gasteiger partial charge in [-0.3, -0.25) is 9.69 Å². The summed E-state index contributed by atoms with van der Waals surface area (Å²) < 4.78 is 16.6. The lowest BCUT2D eigenvalue weighted by atomic mass is 10.1. The van der Waals surface area contributed by atoms with Crippen LogP contribution in [0.5, 0.6) is 11.5 Å². The molecule has 0 aliphatic carbocycles. The van der Waals surface area contributed by atoms with Crippen molar-refractivity contribution in [2.45, 2.75) is 38.5 Å². The second-order valence-corrected chi connectivity index (χ2v) is 6.44. The minimum atomic E-state index is -0.0808. The average Bonchev–Trinajstić information content (AvgIpc) is 2.95. The quantitative estimate of drug-likeness (QED) is 0.853. The zero-order valence-corrected chi connectivity index (χ0v) is 14.4. The second-order valence-electron chi connectivity index (χ2n) is 6.44. The molecule has 0 bridgehead atoms. The van der Waals surface area contributed by atoms with E-state index in [0.717, 1.165) is 31.9 Å². The summed E-state index contributed by atoms with van der Waals surface area (Å²) in [4.78, 5) is 14.5. The number of nitrogens with zero attached hydrogens (tertiary/aromatic N) is 1. The number of rotatable bonds is 6. The number of hydrogen-bond donors (Lipinski definition) is 1. The van der Waals surface area contributed by atoms with Crippen LogP contribution in [0, 0.1) is 0 Å². The van der Waals surface area contributed by atoms with Crippen LogP contribution in [0.25, 0.3) is 0 Å². The van der Waals surface area contributed by atoms with Gasteiger partial charge in [0.1, 0.15) is 11.5 Å². The molecule has 3 atom stereocenters. The van der Waals surface area contributed by atoms with E-state index in [2.05, 4.69) is 17.1 Å². The molecule has 1 N–H and O–H groups in total. The van der Waals surface area contributed by atoms with E-state index in [1.165, 1.54) is 0 Å². The maximum atomic E-state index is 12.1. The molecular weight excluding hydrogens is 308 g/mol. The van der Waals surface area contributed by atoms with Gasteiger partial charge >= 0.3 is 0 Å². The van der Waals surface area contributed by atoms with Crippen molar-refractivity contribution in [3.05, 3.63) is 24.3 Å². The lowest BCUT2D eigenvalue weighted by Crippen LogP contribution is -2.45. The number of carbonyl (C=O) groups is 1. The lowest BCUT2D eigenvalue weighted by molar-refractivity contribution is -0.123. The molecule has 2 aliphatic heterocycles. The first-order valence-electron chi connectivity index (χ1n) is 8.64. The first kappa shape index (κ1) is 17.0. The first-order valence-corrected chi connectivity index (χ1v) is 8.64. The normalized spacial score (nSPS) is 26.7. The number of hydrogen-bond acceptors (Lipinski definition) is 5. The van der Waals surface area contributed by atoms with Gasteiger partial charge < -0.3 is 19.5 Å². The summed E-state index contributed by atoms with van der Waals surface area (Å²) in [5.74, 6) is 1.38. The van der Waals surface area contributed by atoms with E-state index in [1.807, 2.05) is 31.2 Å². The summed E-state index contributed by atoms with van der Waals surface area (Å²) in [6, 6.07) is 7.91. The second kappa shape index (κ2) is 7.85. The molecule has 6 nitrogen and oxygen atoms in total. The van der Waals surface area contributed by atoms with Crippen molar-refractivity contribution in [1.29, 1.82) is 0 Å². The van der Waals surface area contributed by atoms with Crippen molar-refractivity contribution in [2.75, 3.05) is 32.9 Å². The molecule has 0 unspecified atom stereocenters. The van der Waals surface area contributed by atoms with Gasteiger partial charge in [0.2, 0.25) is 0 Å². The summed E-state index contributed by atoms with van der Waals surface area (Å²) in [6.45, 7) is 7.29. The maximum absolute atomic E-state index is 12.1. The van der Waals surface area contributed by atoms with Gasteiger partial charge in [-0.05, 0) is 44.5 Å². The number of morpholine rings is 1. The Morgan fingerprint density at radius 2 is 1.96 bits per heavy atom. The number of fused-ring (bicyclic) bond motifs is 1. The van der Waals surface area contributed by atoms with E-state index in [0.29, 0.717) is 18.4 Å². The largest absolute Gasteiger partial charge is 0.494 e. The number of carbonyl (C=O) groups excluding carboxylic acids is 1. The molecular formula is C18H26N2O4. The first-order chi connectivity index (χ1) is 11.6. The third-order valence-electron chi connectivity index (χ3n) is 4.46. The molecule has 2 heterocycles. The zero-order valence-electron chi connectivity index (χ0n) is 14.4. The molecule has 0 saturated carbocycles. The van der Waals surface area contributed by atoms with Crippen molar-refractivity contribution in [1.82, 2.24) is 10.2 Å². The zero-order chi connectivity index (χ0) is 16.9. The Labute approximate surface area is 143 Å². The van der Waals surface area contributed by atoms with Crippen LogP contribution in [0.4, 0.5) is 0 Å². The van der Waals surface area contributed by atoms with Crippen LogP contribution in [-0.2, 0) is 9.53 Å². The third kappa shape index (κ3) is 4.39. The van der Waals surface area contributed by atoms with Crippen LogP contribution in [0.15, 0.2) is 24.3 Å². The Kier molecular flexibility index (Phi) is 5.58. The predicted molar refractivity (Wildman–Crippen MR) is 90.4 cm³/mol. The molecule has 0 aromatic heterocycles. The van der Waals surface area contributed by atoms with Gasteiger partial charge in [-0.2, -0.15) is 0 Å². The van der Waals surface area contributed by atoms with Crippen LogP contribution in [0.3, 0.4) is 0 Å². The number of amides is 1. The monoisotopic (exact) mass is 334 g/mol. The van der Waals surface area contributed by atoms with Gasteiger partial charge in [0.05, 0.1) is 19.3 Å². The minimum absolute atomic E-state index is 0.0298. The Hall–Kier alpha value is -1.79. The Bertz CT molecular complexity index is 548. The number of nitrogens with one attached hydrogen (secondary N) is 1. The fourth-order valence-electron chi connectivity index (χ4n) is 3.36. The SMILES string of the molecule is CCOc1ccc(OCC(=O)N[C@@H]2C[C@H]3CO[C@@H](C)CN3C2)cc1. The smallest absolute Gasteiger partial charge is 0.258 e. The van der Waals surface area contributed by atoms with Gasteiger partial charge in [-0.25, -0.2) is 0 Å². The van der Waals surface area contributed by atoms with Gasteiger partial charge in [-0.1, -0.05) is 0 Å². The van der Waals surface area contributed by atoms with E-state index >= 15 is 0 Å². The average molecular weight is 334 g/mol. The molecule has 6 heteroatoms.